The van der Waals surface area contributed by atoms with Gasteiger partial charge in [-0.3, -0.25) is 14.4 Å². The SMILES string of the molecule is COCCS(=O)(=O)C(C(=O)NCC(=O)NC1CC1)c1nc2ccc(-c3ccn(C)c(=O)c3)cc2s1. The Bertz CT molecular complexity index is 1430. The van der Waals surface area contributed by atoms with Gasteiger partial charge in [-0.25, -0.2) is 13.4 Å². The van der Waals surface area contributed by atoms with Crippen molar-refractivity contribution in [2.24, 2.45) is 7.05 Å². The van der Waals surface area contributed by atoms with Crippen molar-refractivity contribution < 1.29 is 22.7 Å². The zero-order valence-corrected chi connectivity index (χ0v) is 20.9. The molecule has 0 spiro atoms. The molecule has 2 amide bonds. The molecule has 0 aliphatic heterocycles. The van der Waals surface area contributed by atoms with Crippen molar-refractivity contribution in [2.45, 2.75) is 24.1 Å². The van der Waals surface area contributed by atoms with Crippen LogP contribution >= 0.6 is 11.3 Å². The quantitative estimate of drug-likeness (QED) is 0.411. The Kier molecular flexibility index (Phi) is 7.33. The van der Waals surface area contributed by atoms with Crippen molar-refractivity contribution >= 4 is 43.2 Å². The number of fused-ring (bicyclic) bond motifs is 1. The van der Waals surface area contributed by atoms with E-state index in [2.05, 4.69) is 15.6 Å². The fourth-order valence-corrected chi connectivity index (χ4v) is 6.45. The molecule has 10 nitrogen and oxygen atoms in total. The standard InChI is InChI=1S/C23H26N4O6S2/c1-27-8-7-15(12-20(27)29)14-3-6-17-18(11-14)34-23(26-17)21(35(31,32)10-9-33-2)22(30)24-13-19(28)25-16-4-5-16/h3,6-8,11-12,16,21H,4-5,9-10,13H2,1-2H3,(H,24,30)(H,25,28). The van der Waals surface area contributed by atoms with Gasteiger partial charge in [0.15, 0.2) is 15.1 Å². The number of hydrogen-bond acceptors (Lipinski definition) is 8. The van der Waals surface area contributed by atoms with E-state index in [-0.39, 0.29) is 41.4 Å². The molecular weight excluding hydrogens is 492 g/mol. The summed E-state index contributed by atoms with van der Waals surface area (Å²) in [6.45, 7) is -0.393. The molecular formula is C23H26N4O6S2. The van der Waals surface area contributed by atoms with Gasteiger partial charge in [-0.15, -0.1) is 11.3 Å². The molecule has 0 radical (unpaired) electrons. The Morgan fingerprint density at radius 1 is 1.23 bits per heavy atom. The fraction of sp³-hybridized carbons (Fsp3) is 0.391. The molecule has 2 heterocycles. The minimum absolute atomic E-state index is 0.0771. The van der Waals surface area contributed by atoms with Gasteiger partial charge in [0, 0.05) is 32.5 Å². The van der Waals surface area contributed by atoms with Crippen LogP contribution in [0.3, 0.4) is 0 Å². The smallest absolute Gasteiger partial charge is 0.250 e. The van der Waals surface area contributed by atoms with E-state index in [1.807, 2.05) is 12.1 Å². The molecule has 0 saturated heterocycles. The highest BCUT2D eigenvalue weighted by molar-refractivity contribution is 7.92. The van der Waals surface area contributed by atoms with Crippen LogP contribution in [0.5, 0.6) is 0 Å². The highest BCUT2D eigenvalue weighted by Crippen LogP contribution is 2.34. The third kappa shape index (κ3) is 5.95. The highest BCUT2D eigenvalue weighted by Gasteiger charge is 2.37. The number of aryl methyl sites for hydroxylation is 1. The van der Waals surface area contributed by atoms with E-state index in [4.69, 9.17) is 4.74 Å². The molecule has 1 atom stereocenters. The molecule has 1 saturated carbocycles. The fourth-order valence-electron chi connectivity index (χ4n) is 3.47. The number of amides is 2. The van der Waals surface area contributed by atoms with Crippen molar-refractivity contribution in [2.75, 3.05) is 26.0 Å². The third-order valence-corrected chi connectivity index (χ3v) is 8.73. The lowest BCUT2D eigenvalue weighted by Crippen LogP contribution is -2.41. The van der Waals surface area contributed by atoms with Crippen LogP contribution in [-0.2, 0) is 31.2 Å². The van der Waals surface area contributed by atoms with Crippen LogP contribution in [0.2, 0.25) is 0 Å². The van der Waals surface area contributed by atoms with Gasteiger partial charge in [0.2, 0.25) is 11.8 Å². The summed E-state index contributed by atoms with van der Waals surface area (Å²) < 4.78 is 33.2. The van der Waals surface area contributed by atoms with Crippen molar-refractivity contribution in [3.8, 4) is 11.1 Å². The second-order valence-corrected chi connectivity index (χ2v) is 11.7. The maximum absolute atomic E-state index is 13.1. The summed E-state index contributed by atoms with van der Waals surface area (Å²) in [5.74, 6) is -1.54. The number of carbonyl (C=O) groups is 2. The lowest BCUT2D eigenvalue weighted by molar-refractivity contribution is -0.126. The molecule has 186 valence electrons. The van der Waals surface area contributed by atoms with Gasteiger partial charge in [-0.05, 0) is 42.2 Å². The second-order valence-electron chi connectivity index (χ2n) is 8.40. The molecule has 1 fully saturated rings. The van der Waals surface area contributed by atoms with E-state index in [9.17, 15) is 22.8 Å². The summed E-state index contributed by atoms with van der Waals surface area (Å²) in [5.41, 5.74) is 1.86. The Labute approximate surface area is 206 Å². The van der Waals surface area contributed by atoms with Crippen molar-refractivity contribution in [3.63, 3.8) is 0 Å². The maximum atomic E-state index is 13.1. The number of ether oxygens (including phenoxy) is 1. The molecule has 12 heteroatoms. The van der Waals surface area contributed by atoms with Crippen LogP contribution in [0.4, 0.5) is 0 Å². The van der Waals surface area contributed by atoms with Crippen molar-refractivity contribution in [1.29, 1.82) is 0 Å². The molecule has 1 unspecified atom stereocenters. The van der Waals surface area contributed by atoms with Gasteiger partial charge in [-0.2, -0.15) is 0 Å². The van der Waals surface area contributed by atoms with Crippen molar-refractivity contribution in [3.05, 3.63) is 51.9 Å². The zero-order valence-electron chi connectivity index (χ0n) is 19.3. The number of nitrogens with zero attached hydrogens (tertiary/aromatic N) is 2. The molecule has 0 bridgehead atoms. The summed E-state index contributed by atoms with van der Waals surface area (Å²) in [6, 6.07) is 8.78. The third-order valence-electron chi connectivity index (χ3n) is 5.60. The van der Waals surface area contributed by atoms with E-state index in [0.29, 0.717) is 15.8 Å². The van der Waals surface area contributed by atoms with Gasteiger partial charge < -0.3 is 19.9 Å². The summed E-state index contributed by atoms with van der Waals surface area (Å²) in [7, 11) is -0.940. The Hall–Kier alpha value is -3.09. The van der Waals surface area contributed by atoms with E-state index >= 15 is 0 Å². The van der Waals surface area contributed by atoms with Crippen LogP contribution in [0.1, 0.15) is 23.1 Å². The molecule has 1 aliphatic rings. The average Bonchev–Trinajstić information content (AvgIpc) is 3.53. The second kappa shape index (κ2) is 10.3. The monoisotopic (exact) mass is 518 g/mol. The van der Waals surface area contributed by atoms with E-state index in [1.165, 1.54) is 17.7 Å². The first-order chi connectivity index (χ1) is 16.7. The maximum Gasteiger partial charge on any atom is 0.250 e. The average molecular weight is 519 g/mol. The van der Waals surface area contributed by atoms with Crippen LogP contribution in [-0.4, -0.2) is 61.8 Å². The Morgan fingerprint density at radius 3 is 2.66 bits per heavy atom. The minimum atomic E-state index is -3.98. The minimum Gasteiger partial charge on any atom is -0.384 e. The van der Waals surface area contributed by atoms with Crippen LogP contribution in [0.25, 0.3) is 21.3 Å². The molecule has 2 N–H and O–H groups in total. The van der Waals surface area contributed by atoms with Crippen molar-refractivity contribution in [1.82, 2.24) is 20.2 Å². The van der Waals surface area contributed by atoms with Crippen LogP contribution < -0.4 is 16.2 Å². The summed E-state index contributed by atoms with van der Waals surface area (Å²) in [5, 5.41) is 3.74. The van der Waals surface area contributed by atoms with Gasteiger partial charge in [0.1, 0.15) is 5.01 Å². The number of aromatic nitrogens is 2. The number of carbonyl (C=O) groups excluding carboxylic acids is 2. The number of methoxy groups -OCH3 is 1. The van der Waals surface area contributed by atoms with E-state index in [1.54, 1.807) is 25.4 Å². The summed E-state index contributed by atoms with van der Waals surface area (Å²) >= 11 is 1.09. The van der Waals surface area contributed by atoms with Gasteiger partial charge >= 0.3 is 0 Å². The van der Waals surface area contributed by atoms with Gasteiger partial charge in [-0.1, -0.05) is 6.07 Å². The molecule has 2 aromatic heterocycles. The molecule has 1 aliphatic carbocycles. The van der Waals surface area contributed by atoms with Crippen LogP contribution in [0, 0.1) is 0 Å². The number of sulfone groups is 1. The first-order valence-corrected chi connectivity index (χ1v) is 13.6. The molecule has 35 heavy (non-hydrogen) atoms. The first kappa shape index (κ1) is 25.0. The lowest BCUT2D eigenvalue weighted by Gasteiger charge is -2.15. The largest absolute Gasteiger partial charge is 0.384 e. The number of nitrogens with one attached hydrogen (secondary N) is 2. The lowest BCUT2D eigenvalue weighted by atomic mass is 10.1. The number of rotatable bonds is 10. The van der Waals surface area contributed by atoms with Gasteiger partial charge in [0.05, 0.1) is 29.1 Å². The Morgan fingerprint density at radius 2 is 1.97 bits per heavy atom. The van der Waals surface area contributed by atoms with E-state index in [0.717, 1.165) is 29.7 Å². The first-order valence-electron chi connectivity index (χ1n) is 11.0. The molecule has 1 aromatic carbocycles. The number of hydrogen-bond donors (Lipinski definition) is 2. The van der Waals surface area contributed by atoms with Gasteiger partial charge in [0.25, 0.3) is 5.56 Å². The zero-order chi connectivity index (χ0) is 25.2. The number of pyridine rings is 1. The topological polar surface area (TPSA) is 136 Å². The Balaban J connectivity index is 1.64. The highest BCUT2D eigenvalue weighted by atomic mass is 32.2. The van der Waals surface area contributed by atoms with E-state index < -0.39 is 21.0 Å². The predicted octanol–water partition coefficient (Wildman–Crippen LogP) is 1.16. The summed E-state index contributed by atoms with van der Waals surface area (Å²) in [4.78, 5) is 41.5. The molecule has 4 rings (SSSR count). The summed E-state index contributed by atoms with van der Waals surface area (Å²) in [6.07, 6.45) is 3.47. The number of thiazole rings is 1. The number of benzene rings is 1. The van der Waals surface area contributed by atoms with Crippen LogP contribution in [0.15, 0.2) is 41.3 Å². The predicted molar refractivity (Wildman–Crippen MR) is 133 cm³/mol. The normalized spacial score (nSPS) is 14.6. The molecule has 3 aromatic rings.